The summed E-state index contributed by atoms with van der Waals surface area (Å²) in [5.74, 6) is 0.861. The first kappa shape index (κ1) is 14.2. The van der Waals surface area contributed by atoms with Gasteiger partial charge in [0.25, 0.3) is 0 Å². The Balaban J connectivity index is 2.00. The third kappa shape index (κ3) is 2.96. The van der Waals surface area contributed by atoms with Crippen molar-refractivity contribution >= 4 is 22.6 Å². The lowest BCUT2D eigenvalue weighted by molar-refractivity contribution is 0.461. The molecule has 1 unspecified atom stereocenters. The van der Waals surface area contributed by atoms with Crippen LogP contribution in [0.1, 0.15) is 30.8 Å². The molecule has 0 fully saturated rings. The minimum atomic E-state index is -0.0441. The van der Waals surface area contributed by atoms with Crippen LogP contribution in [0.2, 0.25) is 5.02 Å². The first-order valence-corrected chi connectivity index (χ1v) is 7.47. The van der Waals surface area contributed by atoms with Crippen molar-refractivity contribution in [3.05, 3.63) is 53.0 Å². The number of nitrogens with one attached hydrogen (secondary N) is 1. The SMILES string of the molecule is CCCNC(c1ccn(C)n1)c1cc2cc(Cl)ccc2o1. The van der Waals surface area contributed by atoms with E-state index in [2.05, 4.69) is 17.3 Å². The normalized spacial score (nSPS) is 12.9. The van der Waals surface area contributed by atoms with Crippen molar-refractivity contribution in [3.8, 4) is 0 Å². The molecule has 0 aliphatic carbocycles. The number of furan rings is 1. The Morgan fingerprint density at radius 3 is 2.90 bits per heavy atom. The fourth-order valence-corrected chi connectivity index (χ4v) is 2.58. The van der Waals surface area contributed by atoms with Gasteiger partial charge in [-0.05, 0) is 43.3 Å². The zero-order valence-electron chi connectivity index (χ0n) is 12.1. The molecule has 1 aromatic carbocycles. The molecule has 2 heterocycles. The lowest BCUT2D eigenvalue weighted by atomic mass is 10.1. The lowest BCUT2D eigenvalue weighted by Crippen LogP contribution is -2.23. The van der Waals surface area contributed by atoms with Crippen molar-refractivity contribution in [2.24, 2.45) is 7.05 Å². The Labute approximate surface area is 128 Å². The van der Waals surface area contributed by atoms with Gasteiger partial charge >= 0.3 is 0 Å². The molecule has 0 spiro atoms. The van der Waals surface area contributed by atoms with Crippen LogP contribution in [0, 0.1) is 0 Å². The largest absolute Gasteiger partial charge is 0.459 e. The maximum Gasteiger partial charge on any atom is 0.134 e. The zero-order chi connectivity index (χ0) is 14.8. The minimum Gasteiger partial charge on any atom is -0.459 e. The molecular weight excluding hydrogens is 286 g/mol. The van der Waals surface area contributed by atoms with Crippen molar-refractivity contribution < 1.29 is 4.42 Å². The molecule has 0 aliphatic heterocycles. The highest BCUT2D eigenvalue weighted by Gasteiger charge is 2.20. The number of rotatable bonds is 5. The highest BCUT2D eigenvalue weighted by molar-refractivity contribution is 6.31. The molecular formula is C16H18ClN3O. The number of hydrogen-bond donors (Lipinski definition) is 1. The van der Waals surface area contributed by atoms with E-state index in [1.54, 1.807) is 4.68 Å². The van der Waals surface area contributed by atoms with Crippen molar-refractivity contribution in [3.63, 3.8) is 0 Å². The molecule has 1 N–H and O–H groups in total. The summed E-state index contributed by atoms with van der Waals surface area (Å²) in [6, 6.07) is 9.65. The van der Waals surface area contributed by atoms with Crippen LogP contribution in [0.25, 0.3) is 11.0 Å². The predicted molar refractivity (Wildman–Crippen MR) is 84.6 cm³/mol. The van der Waals surface area contributed by atoms with Gasteiger partial charge in [0.2, 0.25) is 0 Å². The fraction of sp³-hybridized carbons (Fsp3) is 0.312. The molecule has 21 heavy (non-hydrogen) atoms. The number of fused-ring (bicyclic) bond motifs is 1. The molecule has 0 amide bonds. The monoisotopic (exact) mass is 303 g/mol. The van der Waals surface area contributed by atoms with Crippen LogP contribution in [0.5, 0.6) is 0 Å². The summed E-state index contributed by atoms with van der Waals surface area (Å²) >= 11 is 6.04. The molecule has 0 radical (unpaired) electrons. The molecule has 0 saturated heterocycles. The topological polar surface area (TPSA) is 43.0 Å². The Hall–Kier alpha value is -1.78. The van der Waals surface area contributed by atoms with Crippen LogP contribution < -0.4 is 5.32 Å². The van der Waals surface area contributed by atoms with Crippen LogP contribution in [0.3, 0.4) is 0 Å². The van der Waals surface area contributed by atoms with Crippen LogP contribution >= 0.6 is 11.6 Å². The average Bonchev–Trinajstić information content (AvgIpc) is 3.05. The molecule has 0 aliphatic rings. The molecule has 3 aromatic rings. The molecule has 0 saturated carbocycles. The van der Waals surface area contributed by atoms with E-state index in [1.165, 1.54) is 0 Å². The van der Waals surface area contributed by atoms with Crippen LogP contribution in [-0.2, 0) is 7.05 Å². The van der Waals surface area contributed by atoms with Crippen molar-refractivity contribution in [2.75, 3.05) is 6.54 Å². The molecule has 5 heteroatoms. The standard InChI is InChI=1S/C16H18ClN3O/c1-3-7-18-16(13-6-8-20(2)19-13)15-10-11-9-12(17)4-5-14(11)21-15/h4-6,8-10,16,18H,3,7H2,1-2H3. The smallest absolute Gasteiger partial charge is 0.134 e. The summed E-state index contributed by atoms with van der Waals surface area (Å²) in [5.41, 5.74) is 1.80. The highest BCUT2D eigenvalue weighted by Crippen LogP contribution is 2.29. The van der Waals surface area contributed by atoms with E-state index < -0.39 is 0 Å². The molecule has 1 atom stereocenters. The summed E-state index contributed by atoms with van der Waals surface area (Å²) < 4.78 is 7.78. The number of hydrogen-bond acceptors (Lipinski definition) is 3. The van der Waals surface area contributed by atoms with Gasteiger partial charge in [0.05, 0.1) is 5.69 Å². The summed E-state index contributed by atoms with van der Waals surface area (Å²) in [5, 5.41) is 9.71. The second-order valence-electron chi connectivity index (χ2n) is 5.13. The van der Waals surface area contributed by atoms with Crippen LogP contribution in [0.15, 0.2) is 40.9 Å². The van der Waals surface area contributed by atoms with Gasteiger partial charge in [-0.2, -0.15) is 5.10 Å². The summed E-state index contributed by atoms with van der Waals surface area (Å²) in [4.78, 5) is 0. The van der Waals surface area contributed by atoms with Crippen LogP contribution in [0.4, 0.5) is 0 Å². The van der Waals surface area contributed by atoms with Crippen molar-refractivity contribution in [2.45, 2.75) is 19.4 Å². The maximum absolute atomic E-state index is 6.04. The predicted octanol–water partition coefficient (Wildman–Crippen LogP) is 3.91. The number of benzene rings is 1. The molecule has 0 bridgehead atoms. The summed E-state index contributed by atoms with van der Waals surface area (Å²) in [7, 11) is 1.92. The van der Waals surface area contributed by atoms with Gasteiger partial charge in [-0.3, -0.25) is 4.68 Å². The third-order valence-electron chi connectivity index (χ3n) is 3.41. The van der Waals surface area contributed by atoms with E-state index in [9.17, 15) is 0 Å². The number of aryl methyl sites for hydroxylation is 1. The zero-order valence-corrected chi connectivity index (χ0v) is 12.9. The second-order valence-corrected chi connectivity index (χ2v) is 5.57. The van der Waals surface area contributed by atoms with Gasteiger partial charge in [-0.15, -0.1) is 0 Å². The van der Waals surface area contributed by atoms with Gasteiger partial charge in [0.1, 0.15) is 17.4 Å². The number of nitrogens with zero attached hydrogens (tertiary/aromatic N) is 2. The van der Waals surface area contributed by atoms with Gasteiger partial charge < -0.3 is 9.73 Å². The second kappa shape index (κ2) is 5.92. The Kier molecular flexibility index (Phi) is 3.99. The molecule has 3 rings (SSSR count). The molecule has 2 aromatic heterocycles. The first-order valence-electron chi connectivity index (χ1n) is 7.09. The van der Waals surface area contributed by atoms with Gasteiger partial charge in [0, 0.05) is 23.7 Å². The number of aromatic nitrogens is 2. The van der Waals surface area contributed by atoms with Crippen LogP contribution in [-0.4, -0.2) is 16.3 Å². The highest BCUT2D eigenvalue weighted by atomic mass is 35.5. The lowest BCUT2D eigenvalue weighted by Gasteiger charge is -2.13. The van der Waals surface area contributed by atoms with E-state index in [4.69, 9.17) is 16.0 Å². The number of halogens is 1. The molecule has 4 nitrogen and oxygen atoms in total. The quantitative estimate of drug-likeness (QED) is 0.777. The van der Waals surface area contributed by atoms with Gasteiger partial charge in [-0.25, -0.2) is 0 Å². The average molecular weight is 304 g/mol. The van der Waals surface area contributed by atoms with Crippen molar-refractivity contribution in [1.29, 1.82) is 0 Å². The maximum atomic E-state index is 6.04. The van der Waals surface area contributed by atoms with E-state index >= 15 is 0 Å². The third-order valence-corrected chi connectivity index (χ3v) is 3.65. The first-order chi connectivity index (χ1) is 10.2. The van der Waals surface area contributed by atoms with E-state index in [0.29, 0.717) is 5.02 Å². The van der Waals surface area contributed by atoms with E-state index in [1.807, 2.05) is 43.6 Å². The van der Waals surface area contributed by atoms with E-state index in [-0.39, 0.29) is 6.04 Å². The van der Waals surface area contributed by atoms with Crippen molar-refractivity contribution in [1.82, 2.24) is 15.1 Å². The van der Waals surface area contributed by atoms with Gasteiger partial charge in [-0.1, -0.05) is 18.5 Å². The van der Waals surface area contributed by atoms with E-state index in [0.717, 1.165) is 35.4 Å². The summed E-state index contributed by atoms with van der Waals surface area (Å²) in [6.45, 7) is 3.04. The summed E-state index contributed by atoms with van der Waals surface area (Å²) in [6.07, 6.45) is 2.99. The molecule has 110 valence electrons. The van der Waals surface area contributed by atoms with Gasteiger partial charge in [0.15, 0.2) is 0 Å². The Bertz CT molecular complexity index is 747. The minimum absolute atomic E-state index is 0.0441. The Morgan fingerprint density at radius 2 is 2.19 bits per heavy atom. The fourth-order valence-electron chi connectivity index (χ4n) is 2.40. The Morgan fingerprint density at radius 1 is 1.33 bits per heavy atom.